The number of benzene rings is 1. The second kappa shape index (κ2) is 4.16. The lowest BCUT2D eigenvalue weighted by molar-refractivity contribution is -0.131. The van der Waals surface area contributed by atoms with Crippen LogP contribution in [0.4, 0.5) is 5.69 Å². The van der Waals surface area contributed by atoms with E-state index in [0.29, 0.717) is 0 Å². The van der Waals surface area contributed by atoms with Crippen molar-refractivity contribution in [1.82, 2.24) is 0 Å². The Bertz CT molecular complexity index is 380. The van der Waals surface area contributed by atoms with Gasteiger partial charge in [-0.05, 0) is 17.7 Å². The minimum absolute atomic E-state index is 0.0446. The van der Waals surface area contributed by atoms with Gasteiger partial charge in [0.2, 0.25) is 5.91 Å². The molecule has 6 nitrogen and oxygen atoms in total. The standard InChI is InChI=1S/C9H12N2O4/c10-5-3-4(1-2-6(5)12)7(13)8(14)9(11)15/h1-3,7-8,12-14H,10H2,(H2,11,15). The maximum Gasteiger partial charge on any atom is 0.249 e. The average molecular weight is 212 g/mol. The summed E-state index contributed by atoms with van der Waals surface area (Å²) in [5.41, 5.74) is 10.4. The Labute approximate surface area is 85.8 Å². The zero-order valence-corrected chi connectivity index (χ0v) is 7.79. The van der Waals surface area contributed by atoms with E-state index in [1.807, 2.05) is 0 Å². The lowest BCUT2D eigenvalue weighted by Crippen LogP contribution is -2.33. The Morgan fingerprint density at radius 1 is 1.33 bits per heavy atom. The maximum atomic E-state index is 10.6. The number of phenols is 1. The highest BCUT2D eigenvalue weighted by Gasteiger charge is 2.23. The second-order valence-corrected chi connectivity index (χ2v) is 3.11. The van der Waals surface area contributed by atoms with Crippen LogP contribution in [0.3, 0.4) is 0 Å². The van der Waals surface area contributed by atoms with E-state index >= 15 is 0 Å². The number of nitrogen functional groups attached to an aromatic ring is 1. The predicted octanol–water partition coefficient (Wildman–Crippen LogP) is -1.15. The van der Waals surface area contributed by atoms with Gasteiger partial charge in [0.15, 0.2) is 6.10 Å². The van der Waals surface area contributed by atoms with Gasteiger partial charge in [-0.15, -0.1) is 0 Å². The molecule has 2 atom stereocenters. The topological polar surface area (TPSA) is 130 Å². The van der Waals surface area contributed by atoms with E-state index in [1.54, 1.807) is 0 Å². The molecule has 0 radical (unpaired) electrons. The SMILES string of the molecule is NC(=O)C(O)C(O)c1ccc(O)c(N)c1. The third kappa shape index (κ3) is 2.36. The molecule has 6 heteroatoms. The van der Waals surface area contributed by atoms with Crippen molar-refractivity contribution in [3.8, 4) is 5.75 Å². The van der Waals surface area contributed by atoms with Gasteiger partial charge < -0.3 is 26.8 Å². The summed E-state index contributed by atoms with van der Waals surface area (Å²) in [6.45, 7) is 0. The highest BCUT2D eigenvalue weighted by molar-refractivity contribution is 5.79. The summed E-state index contributed by atoms with van der Waals surface area (Å²) >= 11 is 0. The molecule has 82 valence electrons. The Morgan fingerprint density at radius 2 is 1.93 bits per heavy atom. The van der Waals surface area contributed by atoms with Gasteiger partial charge in [0, 0.05) is 0 Å². The molecule has 0 heterocycles. The summed E-state index contributed by atoms with van der Waals surface area (Å²) in [4.78, 5) is 10.6. The molecule has 0 fully saturated rings. The molecule has 0 saturated heterocycles. The largest absolute Gasteiger partial charge is 0.506 e. The lowest BCUT2D eigenvalue weighted by atomic mass is 10.0. The molecule has 0 bridgehead atoms. The van der Waals surface area contributed by atoms with Crippen molar-refractivity contribution >= 4 is 11.6 Å². The van der Waals surface area contributed by atoms with Gasteiger partial charge in [-0.1, -0.05) is 6.07 Å². The number of amides is 1. The van der Waals surface area contributed by atoms with Crippen LogP contribution in [0.2, 0.25) is 0 Å². The Balaban J connectivity index is 2.96. The molecule has 2 unspecified atom stereocenters. The number of nitrogens with two attached hydrogens (primary N) is 2. The number of aliphatic hydroxyl groups excluding tert-OH is 2. The number of hydrogen-bond donors (Lipinski definition) is 5. The fraction of sp³-hybridized carbons (Fsp3) is 0.222. The molecule has 1 rings (SSSR count). The van der Waals surface area contributed by atoms with Crippen LogP contribution in [-0.2, 0) is 4.79 Å². The first-order valence-electron chi connectivity index (χ1n) is 4.17. The molecule has 1 aromatic rings. The van der Waals surface area contributed by atoms with E-state index < -0.39 is 18.1 Å². The molecule has 7 N–H and O–H groups in total. The van der Waals surface area contributed by atoms with Crippen molar-refractivity contribution in [2.24, 2.45) is 5.73 Å². The smallest absolute Gasteiger partial charge is 0.249 e. The van der Waals surface area contributed by atoms with Gasteiger partial charge in [0.25, 0.3) is 0 Å². The third-order valence-electron chi connectivity index (χ3n) is 1.98. The van der Waals surface area contributed by atoms with E-state index in [1.165, 1.54) is 18.2 Å². The number of phenolic OH excluding ortho intramolecular Hbond substituents is 1. The Morgan fingerprint density at radius 3 is 2.40 bits per heavy atom. The minimum atomic E-state index is -1.70. The van der Waals surface area contributed by atoms with Gasteiger partial charge in [-0.25, -0.2) is 0 Å². The summed E-state index contributed by atoms with van der Waals surface area (Å²) in [5.74, 6) is -1.17. The van der Waals surface area contributed by atoms with Crippen LogP contribution >= 0.6 is 0 Å². The van der Waals surface area contributed by atoms with Crippen molar-refractivity contribution in [3.63, 3.8) is 0 Å². The van der Waals surface area contributed by atoms with Crippen LogP contribution in [0, 0.1) is 0 Å². The summed E-state index contributed by atoms with van der Waals surface area (Å²) in [6, 6.07) is 3.84. The van der Waals surface area contributed by atoms with Gasteiger partial charge in [-0.3, -0.25) is 4.79 Å². The summed E-state index contributed by atoms with van der Waals surface area (Å²) < 4.78 is 0. The molecule has 1 aromatic carbocycles. The highest BCUT2D eigenvalue weighted by atomic mass is 16.3. The summed E-state index contributed by atoms with van der Waals surface area (Å²) in [5, 5.41) is 27.8. The van der Waals surface area contributed by atoms with E-state index in [2.05, 4.69) is 0 Å². The fourth-order valence-corrected chi connectivity index (χ4v) is 1.09. The zero-order valence-electron chi connectivity index (χ0n) is 7.79. The number of aliphatic hydroxyl groups is 2. The van der Waals surface area contributed by atoms with Crippen LogP contribution in [0.5, 0.6) is 5.75 Å². The number of carbonyl (C=O) groups excluding carboxylic acids is 1. The number of anilines is 1. The number of carbonyl (C=O) groups is 1. The molecule has 1 amide bonds. The van der Waals surface area contributed by atoms with E-state index in [0.717, 1.165) is 0 Å². The van der Waals surface area contributed by atoms with Crippen LogP contribution < -0.4 is 11.5 Å². The van der Waals surface area contributed by atoms with Gasteiger partial charge in [0.05, 0.1) is 5.69 Å². The van der Waals surface area contributed by atoms with Crippen LogP contribution in [0.15, 0.2) is 18.2 Å². The quantitative estimate of drug-likeness (QED) is 0.319. The number of aromatic hydroxyl groups is 1. The molecular formula is C9H12N2O4. The van der Waals surface area contributed by atoms with Crippen molar-refractivity contribution < 1.29 is 20.1 Å². The first kappa shape index (κ1) is 11.3. The van der Waals surface area contributed by atoms with Crippen LogP contribution in [0.25, 0.3) is 0 Å². The Kier molecular flexibility index (Phi) is 3.13. The molecule has 0 saturated carbocycles. The second-order valence-electron chi connectivity index (χ2n) is 3.11. The third-order valence-corrected chi connectivity index (χ3v) is 1.98. The van der Waals surface area contributed by atoms with E-state index in [4.69, 9.17) is 16.6 Å². The molecular weight excluding hydrogens is 200 g/mol. The number of hydrogen-bond acceptors (Lipinski definition) is 5. The highest BCUT2D eigenvalue weighted by Crippen LogP contribution is 2.25. The van der Waals surface area contributed by atoms with Crippen molar-refractivity contribution in [1.29, 1.82) is 0 Å². The lowest BCUT2D eigenvalue weighted by Gasteiger charge is -2.15. The molecule has 0 aliphatic heterocycles. The molecule has 0 aliphatic rings. The van der Waals surface area contributed by atoms with E-state index in [9.17, 15) is 15.0 Å². The van der Waals surface area contributed by atoms with Crippen molar-refractivity contribution in [3.05, 3.63) is 23.8 Å². The monoisotopic (exact) mass is 212 g/mol. The maximum absolute atomic E-state index is 10.6. The average Bonchev–Trinajstić information content (AvgIpc) is 2.19. The van der Waals surface area contributed by atoms with E-state index in [-0.39, 0.29) is 17.0 Å². The van der Waals surface area contributed by atoms with Gasteiger partial charge in [-0.2, -0.15) is 0 Å². The van der Waals surface area contributed by atoms with Crippen molar-refractivity contribution in [2.45, 2.75) is 12.2 Å². The van der Waals surface area contributed by atoms with Gasteiger partial charge in [0.1, 0.15) is 11.9 Å². The number of rotatable bonds is 3. The van der Waals surface area contributed by atoms with Crippen molar-refractivity contribution in [2.75, 3.05) is 5.73 Å². The molecule has 0 aromatic heterocycles. The minimum Gasteiger partial charge on any atom is -0.506 e. The molecule has 15 heavy (non-hydrogen) atoms. The van der Waals surface area contributed by atoms with Gasteiger partial charge >= 0.3 is 0 Å². The molecule has 0 spiro atoms. The Hall–Kier alpha value is -1.79. The first-order chi connectivity index (χ1) is 6.93. The normalized spacial score (nSPS) is 14.5. The number of primary amides is 1. The molecule has 0 aliphatic carbocycles. The zero-order chi connectivity index (χ0) is 11.6. The van der Waals surface area contributed by atoms with Crippen LogP contribution in [-0.4, -0.2) is 27.3 Å². The summed E-state index contributed by atoms with van der Waals surface area (Å²) in [7, 11) is 0. The predicted molar refractivity (Wildman–Crippen MR) is 52.7 cm³/mol. The van der Waals surface area contributed by atoms with Crippen LogP contribution in [0.1, 0.15) is 11.7 Å². The first-order valence-corrected chi connectivity index (χ1v) is 4.17. The fourth-order valence-electron chi connectivity index (χ4n) is 1.09. The summed E-state index contributed by atoms with van der Waals surface area (Å²) in [6.07, 6.45) is -3.15.